The van der Waals surface area contributed by atoms with Crippen molar-refractivity contribution < 1.29 is 41.2 Å². The molecule has 1 N–H and O–H groups in total. The number of pyridine rings is 1. The number of carbonyl (C=O) groups is 2. The molecule has 2 heterocycles. The van der Waals surface area contributed by atoms with E-state index in [1.165, 1.54) is 30.7 Å². The van der Waals surface area contributed by atoms with Crippen molar-refractivity contribution in [1.29, 1.82) is 0 Å². The first kappa shape index (κ1) is 27.9. The van der Waals surface area contributed by atoms with E-state index < -0.39 is 36.0 Å². The number of nitrogens with one attached hydrogen (secondary N) is 1. The molecule has 0 saturated heterocycles. The van der Waals surface area contributed by atoms with Crippen LogP contribution in [0.25, 0.3) is 11.0 Å². The highest BCUT2D eigenvalue weighted by Crippen LogP contribution is 2.28. The van der Waals surface area contributed by atoms with Gasteiger partial charge in [0.2, 0.25) is 11.1 Å². The zero-order valence-corrected chi connectivity index (χ0v) is 21.0. The maximum atomic E-state index is 13.4. The molecule has 0 spiro atoms. The number of hydrogen-bond donors (Lipinski definition) is 1. The second kappa shape index (κ2) is 12.0. The molecule has 1 amide bonds. The molecular weight excluding hydrogens is 517 g/mol. The van der Waals surface area contributed by atoms with E-state index in [0.29, 0.717) is 16.6 Å². The number of nitrogens with zero attached hydrogens (tertiary/aromatic N) is 3. The lowest BCUT2D eigenvalue weighted by atomic mass is 10.2. The zero-order chi connectivity index (χ0) is 27.2. The summed E-state index contributed by atoms with van der Waals surface area (Å²) in [5.74, 6) is -0.470. The van der Waals surface area contributed by atoms with E-state index in [1.807, 2.05) is 0 Å². The summed E-state index contributed by atoms with van der Waals surface area (Å²) in [6, 6.07) is 8.18. The van der Waals surface area contributed by atoms with Crippen LogP contribution in [-0.4, -0.2) is 56.7 Å². The van der Waals surface area contributed by atoms with Crippen LogP contribution < -0.4 is 10.1 Å². The average molecular weight is 543 g/mol. The highest BCUT2D eigenvalue weighted by Gasteiger charge is 2.29. The number of para-hydroxylation sites is 2. The van der Waals surface area contributed by atoms with Gasteiger partial charge in [-0.3, -0.25) is 18.6 Å². The summed E-state index contributed by atoms with van der Waals surface area (Å²) in [5, 5.41) is 2.55. The molecule has 3 aromatic rings. The minimum atomic E-state index is -4.51. The predicted octanol–water partition coefficient (Wildman–Crippen LogP) is 3.80. The van der Waals surface area contributed by atoms with Gasteiger partial charge in [0.1, 0.15) is 12.4 Å². The summed E-state index contributed by atoms with van der Waals surface area (Å²) >= 11 is 0. The molecule has 3 rings (SSSR count). The highest BCUT2D eigenvalue weighted by molar-refractivity contribution is 7.84. The van der Waals surface area contributed by atoms with Crippen LogP contribution in [0.1, 0.15) is 31.3 Å². The molecule has 2 aromatic heterocycles. The summed E-state index contributed by atoms with van der Waals surface area (Å²) in [5.41, 5.74) is 1.61. The number of carbonyl (C=O) groups excluding carboxylic acids is 2. The Morgan fingerprint density at radius 1 is 1.22 bits per heavy atom. The first-order valence-corrected chi connectivity index (χ1v) is 12.4. The maximum Gasteiger partial charge on any atom is 0.510 e. The normalized spacial score (nSPS) is 13.1. The number of alkyl halides is 3. The minimum absolute atomic E-state index is 0.0217. The van der Waals surface area contributed by atoms with Crippen molar-refractivity contribution in [3.8, 4) is 5.75 Å². The third kappa shape index (κ3) is 7.65. The number of hydrogen-bond acceptors (Lipinski definition) is 8. The van der Waals surface area contributed by atoms with Gasteiger partial charge in [-0.25, -0.2) is 9.78 Å². The van der Waals surface area contributed by atoms with Crippen molar-refractivity contribution in [3.63, 3.8) is 0 Å². The van der Waals surface area contributed by atoms with Crippen molar-refractivity contribution in [2.75, 3.05) is 19.8 Å². The van der Waals surface area contributed by atoms with Crippen molar-refractivity contribution in [3.05, 3.63) is 47.8 Å². The molecule has 37 heavy (non-hydrogen) atoms. The number of ether oxygens (including phenoxy) is 3. The Labute approximate surface area is 212 Å². The number of aromatic nitrogens is 3. The van der Waals surface area contributed by atoms with Crippen LogP contribution in [0.2, 0.25) is 0 Å². The van der Waals surface area contributed by atoms with Crippen molar-refractivity contribution in [1.82, 2.24) is 19.9 Å². The summed E-state index contributed by atoms with van der Waals surface area (Å²) in [6.45, 7) is 2.93. The molecule has 0 aliphatic rings. The van der Waals surface area contributed by atoms with E-state index in [-0.39, 0.29) is 41.4 Å². The van der Waals surface area contributed by atoms with Crippen LogP contribution in [0.4, 0.5) is 18.0 Å². The van der Waals surface area contributed by atoms with Crippen LogP contribution in [0.5, 0.6) is 5.75 Å². The Balaban J connectivity index is 1.81. The van der Waals surface area contributed by atoms with Gasteiger partial charge in [0, 0.05) is 18.7 Å². The molecule has 1 aromatic carbocycles. The quantitative estimate of drug-likeness (QED) is 0.303. The van der Waals surface area contributed by atoms with Gasteiger partial charge >= 0.3 is 12.3 Å². The van der Waals surface area contributed by atoms with Crippen LogP contribution in [0.3, 0.4) is 0 Å². The molecule has 0 fully saturated rings. The first-order chi connectivity index (χ1) is 17.5. The SMILES string of the molecule is CC(=O)NCCOC(=O)OC(C)n1c(S(=O)Cc2nccc(OCC(F)(F)F)c2C)nc2ccccc21. The van der Waals surface area contributed by atoms with Crippen LogP contribution in [-0.2, 0) is 30.8 Å². The summed E-state index contributed by atoms with van der Waals surface area (Å²) in [4.78, 5) is 31.6. The number of fused-ring (bicyclic) bond motifs is 1. The maximum absolute atomic E-state index is 13.4. The molecule has 0 bridgehead atoms. The lowest BCUT2D eigenvalue weighted by Crippen LogP contribution is -2.26. The summed E-state index contributed by atoms with van der Waals surface area (Å²) < 4.78 is 67.7. The fourth-order valence-corrected chi connectivity index (χ4v) is 4.67. The Kier molecular flexibility index (Phi) is 9.08. The lowest BCUT2D eigenvalue weighted by molar-refractivity contribution is -0.153. The second-order valence-electron chi connectivity index (χ2n) is 7.83. The standard InChI is InChI=1S/C23H25F3N4O6S/c1-14-18(28-9-8-20(14)35-13-23(24,25)26)12-37(33)21-29-17-6-4-5-7-19(17)30(21)16(3)36-22(32)34-11-10-27-15(2)31/h4-9,16H,10-13H2,1-3H3,(H,27,31). The molecule has 0 saturated carbocycles. The van der Waals surface area contributed by atoms with E-state index in [4.69, 9.17) is 14.2 Å². The zero-order valence-electron chi connectivity index (χ0n) is 20.2. The Bertz CT molecular complexity index is 1300. The fraction of sp³-hybridized carbons (Fsp3) is 0.391. The van der Waals surface area contributed by atoms with Gasteiger partial charge in [-0.2, -0.15) is 13.2 Å². The molecule has 10 nitrogen and oxygen atoms in total. The Morgan fingerprint density at radius 3 is 2.65 bits per heavy atom. The smallest absolute Gasteiger partial charge is 0.484 e. The largest absolute Gasteiger partial charge is 0.510 e. The van der Waals surface area contributed by atoms with Crippen molar-refractivity contribution >= 4 is 33.9 Å². The van der Waals surface area contributed by atoms with Gasteiger partial charge in [-0.05, 0) is 32.0 Å². The van der Waals surface area contributed by atoms with Crippen LogP contribution in [0.15, 0.2) is 41.7 Å². The average Bonchev–Trinajstić information content (AvgIpc) is 3.21. The predicted molar refractivity (Wildman–Crippen MR) is 126 cm³/mol. The number of benzene rings is 1. The molecule has 2 unspecified atom stereocenters. The Morgan fingerprint density at radius 2 is 1.95 bits per heavy atom. The number of amides is 1. The molecular formula is C23H25F3N4O6S. The second-order valence-corrected chi connectivity index (χ2v) is 9.17. The van der Waals surface area contributed by atoms with E-state index in [0.717, 1.165) is 0 Å². The number of imidazole rings is 1. The highest BCUT2D eigenvalue weighted by atomic mass is 32.2. The van der Waals surface area contributed by atoms with Gasteiger partial charge in [0.15, 0.2) is 12.8 Å². The van der Waals surface area contributed by atoms with Crippen LogP contribution >= 0.6 is 0 Å². The van der Waals surface area contributed by atoms with Gasteiger partial charge in [0.25, 0.3) is 0 Å². The van der Waals surface area contributed by atoms with Gasteiger partial charge in [0.05, 0.1) is 39.8 Å². The molecule has 0 aliphatic carbocycles. The van der Waals surface area contributed by atoms with Crippen molar-refractivity contribution in [2.45, 2.75) is 44.1 Å². The van der Waals surface area contributed by atoms with E-state index in [1.54, 1.807) is 31.2 Å². The van der Waals surface area contributed by atoms with Crippen LogP contribution in [0, 0.1) is 6.92 Å². The monoisotopic (exact) mass is 542 g/mol. The summed E-state index contributed by atoms with van der Waals surface area (Å²) in [6.07, 6.45) is -5.21. The number of halogens is 3. The fourth-order valence-electron chi connectivity index (χ4n) is 3.33. The van der Waals surface area contributed by atoms with Crippen molar-refractivity contribution in [2.24, 2.45) is 0 Å². The molecule has 14 heteroatoms. The van der Waals surface area contributed by atoms with E-state index in [9.17, 15) is 27.0 Å². The third-order valence-corrected chi connectivity index (χ3v) is 6.24. The molecule has 0 radical (unpaired) electrons. The van der Waals surface area contributed by atoms with Gasteiger partial charge in [-0.15, -0.1) is 0 Å². The van der Waals surface area contributed by atoms with Gasteiger partial charge in [-0.1, -0.05) is 12.1 Å². The molecule has 0 aliphatic heterocycles. The van der Waals surface area contributed by atoms with E-state index in [2.05, 4.69) is 15.3 Å². The minimum Gasteiger partial charge on any atom is -0.484 e. The number of rotatable bonds is 10. The third-order valence-electron chi connectivity index (χ3n) is 5.01. The van der Waals surface area contributed by atoms with E-state index >= 15 is 0 Å². The lowest BCUT2D eigenvalue weighted by Gasteiger charge is -2.18. The summed E-state index contributed by atoms with van der Waals surface area (Å²) in [7, 11) is -1.83. The molecule has 200 valence electrons. The first-order valence-electron chi connectivity index (χ1n) is 11.0. The topological polar surface area (TPSA) is 122 Å². The Hall–Kier alpha value is -3.68. The van der Waals surface area contributed by atoms with Gasteiger partial charge < -0.3 is 19.5 Å². The molecule has 2 atom stereocenters.